The van der Waals surface area contributed by atoms with Gasteiger partial charge in [0.25, 0.3) is 0 Å². The Kier molecular flexibility index (Phi) is 5.42. The van der Waals surface area contributed by atoms with Crippen molar-refractivity contribution in [2.45, 2.75) is 32.2 Å². The maximum Gasteiger partial charge on any atom is 0.323 e. The second-order valence-corrected chi connectivity index (χ2v) is 3.53. The highest BCUT2D eigenvalue weighted by atomic mass is 16.4. The summed E-state index contributed by atoms with van der Waals surface area (Å²) in [5.41, 5.74) is 9.60. The van der Waals surface area contributed by atoms with Gasteiger partial charge in [0, 0.05) is 6.42 Å². The van der Waals surface area contributed by atoms with Crippen molar-refractivity contribution in [3.05, 3.63) is 0 Å². The average Bonchev–Trinajstić information content (AvgIpc) is 2.10. The van der Waals surface area contributed by atoms with E-state index in [1.807, 2.05) is 0 Å². The Morgan fingerprint density at radius 2 is 2.13 bits per heavy atom. The Morgan fingerprint density at radius 1 is 1.53 bits per heavy atom. The van der Waals surface area contributed by atoms with Gasteiger partial charge in [-0.2, -0.15) is 0 Å². The van der Waals surface area contributed by atoms with Crippen LogP contribution in [0.25, 0.3) is 0 Å². The second kappa shape index (κ2) is 6.04. The molecule has 0 fully saturated rings. The number of carboxylic acid groups (broad SMARTS) is 1. The third kappa shape index (κ3) is 6.52. The number of amidine groups is 1. The quantitative estimate of drug-likeness (QED) is 0.344. The van der Waals surface area contributed by atoms with Gasteiger partial charge in [0.2, 0.25) is 0 Å². The summed E-state index contributed by atoms with van der Waals surface area (Å²) in [6, 6.07) is 0. The number of hydrogen-bond donors (Lipinski definition) is 3. The van der Waals surface area contributed by atoms with Crippen molar-refractivity contribution in [2.75, 3.05) is 6.54 Å². The van der Waals surface area contributed by atoms with Gasteiger partial charge in [-0.3, -0.25) is 9.79 Å². The van der Waals surface area contributed by atoms with Crippen LogP contribution in [0.2, 0.25) is 0 Å². The first-order valence-electron chi connectivity index (χ1n) is 4.61. The second-order valence-electron chi connectivity index (χ2n) is 3.53. The van der Waals surface area contributed by atoms with Crippen molar-refractivity contribution >= 4 is 11.8 Å². The summed E-state index contributed by atoms with van der Waals surface area (Å²) in [4.78, 5) is 14.5. The van der Waals surface area contributed by atoms with Crippen LogP contribution in [0.3, 0.4) is 0 Å². The summed E-state index contributed by atoms with van der Waals surface area (Å²) in [5.74, 6) is 5.03. The van der Waals surface area contributed by atoms with E-state index in [1.165, 1.54) is 6.92 Å². The minimum absolute atomic E-state index is 0.320. The number of nitrogens with zero attached hydrogens (tertiary/aromatic N) is 1. The molecule has 1 atom stereocenters. The van der Waals surface area contributed by atoms with Crippen molar-refractivity contribution in [3.63, 3.8) is 0 Å². The van der Waals surface area contributed by atoms with Crippen LogP contribution in [0.1, 0.15) is 26.7 Å². The molecule has 0 aromatic heterocycles. The van der Waals surface area contributed by atoms with Gasteiger partial charge in [0.05, 0.1) is 5.84 Å². The van der Waals surface area contributed by atoms with E-state index in [-0.39, 0.29) is 0 Å². The summed E-state index contributed by atoms with van der Waals surface area (Å²) in [6.45, 7) is 3.50. The molecule has 0 saturated carbocycles. The monoisotopic (exact) mass is 211 g/mol. The average molecular weight is 211 g/mol. The smallest absolute Gasteiger partial charge is 0.323 e. The van der Waals surface area contributed by atoms with Crippen LogP contribution in [0.4, 0.5) is 0 Å². The predicted molar refractivity (Wildman–Crippen MR) is 59.4 cm³/mol. The molecule has 5 N–H and O–H groups in total. The zero-order chi connectivity index (χ0) is 11.9. The van der Waals surface area contributed by atoms with E-state index in [0.717, 1.165) is 0 Å². The minimum Gasteiger partial charge on any atom is -0.480 e. The van der Waals surface area contributed by atoms with Crippen LogP contribution in [0, 0.1) is 11.8 Å². The molecule has 0 radical (unpaired) electrons. The van der Waals surface area contributed by atoms with Gasteiger partial charge in [0.1, 0.15) is 12.1 Å². The number of carboxylic acids is 1. The highest BCUT2D eigenvalue weighted by Crippen LogP contribution is 2.07. The number of aliphatic imine (C=N–C) groups is 1. The van der Waals surface area contributed by atoms with E-state index in [9.17, 15) is 4.79 Å². The Labute approximate surface area is 89.6 Å². The number of hydrogen-bond acceptors (Lipinski definition) is 3. The van der Waals surface area contributed by atoms with Crippen LogP contribution in [-0.2, 0) is 4.79 Å². The molecule has 0 aliphatic carbocycles. The molecule has 0 heterocycles. The number of aliphatic carboxylic acids is 1. The van der Waals surface area contributed by atoms with Gasteiger partial charge in [-0.05, 0) is 20.3 Å². The first kappa shape index (κ1) is 13.5. The van der Waals surface area contributed by atoms with Gasteiger partial charge < -0.3 is 16.6 Å². The lowest BCUT2D eigenvalue weighted by molar-refractivity contribution is -0.142. The molecule has 0 spiro atoms. The fraction of sp³-hybridized carbons (Fsp3) is 0.600. The predicted octanol–water partition coefficient (Wildman–Crippen LogP) is -0.0509. The Hall–Kier alpha value is -1.54. The Morgan fingerprint density at radius 3 is 2.60 bits per heavy atom. The first-order chi connectivity index (χ1) is 6.86. The van der Waals surface area contributed by atoms with Gasteiger partial charge in [0.15, 0.2) is 0 Å². The van der Waals surface area contributed by atoms with Crippen LogP contribution >= 0.6 is 0 Å². The van der Waals surface area contributed by atoms with Gasteiger partial charge in [-0.1, -0.05) is 5.92 Å². The number of rotatable bonds is 4. The molecule has 0 saturated heterocycles. The summed E-state index contributed by atoms with van der Waals surface area (Å²) in [6.07, 6.45) is 0.763. The maximum atomic E-state index is 10.6. The van der Waals surface area contributed by atoms with Gasteiger partial charge in [-0.25, -0.2) is 0 Å². The zero-order valence-electron chi connectivity index (χ0n) is 9.08. The van der Waals surface area contributed by atoms with E-state index in [1.54, 1.807) is 6.92 Å². The molecule has 0 aliphatic rings. The van der Waals surface area contributed by atoms with E-state index in [2.05, 4.69) is 16.8 Å². The zero-order valence-corrected chi connectivity index (χ0v) is 9.08. The van der Waals surface area contributed by atoms with Crippen molar-refractivity contribution in [3.8, 4) is 11.8 Å². The first-order valence-corrected chi connectivity index (χ1v) is 4.61. The molecule has 0 amide bonds. The summed E-state index contributed by atoms with van der Waals surface area (Å²) >= 11 is 0. The van der Waals surface area contributed by atoms with E-state index < -0.39 is 11.5 Å². The minimum atomic E-state index is -1.21. The molecule has 0 bridgehead atoms. The van der Waals surface area contributed by atoms with Crippen molar-refractivity contribution < 1.29 is 9.90 Å². The third-order valence-electron chi connectivity index (χ3n) is 1.79. The van der Waals surface area contributed by atoms with Crippen molar-refractivity contribution in [1.29, 1.82) is 0 Å². The molecular weight excluding hydrogens is 194 g/mol. The van der Waals surface area contributed by atoms with Crippen LogP contribution < -0.4 is 11.5 Å². The molecule has 5 nitrogen and oxygen atoms in total. The number of carbonyl (C=O) groups is 1. The largest absolute Gasteiger partial charge is 0.480 e. The molecule has 15 heavy (non-hydrogen) atoms. The van der Waals surface area contributed by atoms with Crippen molar-refractivity contribution in [1.82, 2.24) is 0 Å². The van der Waals surface area contributed by atoms with Crippen LogP contribution in [-0.4, -0.2) is 29.0 Å². The normalized spacial score (nSPS) is 15.0. The van der Waals surface area contributed by atoms with E-state index in [4.69, 9.17) is 16.6 Å². The highest BCUT2D eigenvalue weighted by Gasteiger charge is 2.26. The molecular formula is C10H17N3O2. The summed E-state index contributed by atoms with van der Waals surface area (Å²) in [5, 5.41) is 8.71. The van der Waals surface area contributed by atoms with Gasteiger partial charge >= 0.3 is 5.97 Å². The van der Waals surface area contributed by atoms with E-state index in [0.29, 0.717) is 25.2 Å². The van der Waals surface area contributed by atoms with Gasteiger partial charge in [-0.15, -0.1) is 5.92 Å². The highest BCUT2D eigenvalue weighted by molar-refractivity contribution is 5.78. The molecule has 0 aromatic carbocycles. The molecule has 0 aliphatic heterocycles. The SMILES string of the molecule is CC(N)=NCC#CCC[C@](C)(N)C(=O)O. The number of nitrogens with two attached hydrogens (primary N) is 2. The molecule has 0 aromatic rings. The third-order valence-corrected chi connectivity index (χ3v) is 1.79. The maximum absolute atomic E-state index is 10.6. The fourth-order valence-corrected chi connectivity index (χ4v) is 0.738. The lowest BCUT2D eigenvalue weighted by atomic mass is 9.98. The summed E-state index contributed by atoms with van der Waals surface area (Å²) < 4.78 is 0. The fourth-order valence-electron chi connectivity index (χ4n) is 0.738. The van der Waals surface area contributed by atoms with Crippen molar-refractivity contribution in [2.24, 2.45) is 16.5 Å². The Bertz CT molecular complexity index is 306. The topological polar surface area (TPSA) is 102 Å². The standard InChI is InChI=1S/C10H17N3O2/c1-8(11)13-7-5-3-4-6-10(2,12)9(14)15/h4,6-7,12H2,1-2H3,(H2,11,13)(H,14,15)/t10-/m0/s1. The van der Waals surface area contributed by atoms with Crippen LogP contribution in [0.5, 0.6) is 0 Å². The molecule has 0 unspecified atom stereocenters. The van der Waals surface area contributed by atoms with Crippen LogP contribution in [0.15, 0.2) is 4.99 Å². The lowest BCUT2D eigenvalue weighted by Gasteiger charge is -2.16. The summed E-state index contributed by atoms with van der Waals surface area (Å²) in [7, 11) is 0. The molecule has 0 rings (SSSR count). The van der Waals surface area contributed by atoms with E-state index >= 15 is 0 Å². The lowest BCUT2D eigenvalue weighted by Crippen LogP contribution is -2.44. The molecule has 84 valence electrons. The molecule has 5 heteroatoms. The Balaban J connectivity index is 3.89.